The molecule has 1 aromatic heterocycles. The fourth-order valence-corrected chi connectivity index (χ4v) is 3.46. The lowest BCUT2D eigenvalue weighted by Crippen LogP contribution is -2.40. The molecule has 0 bridgehead atoms. The third-order valence-corrected chi connectivity index (χ3v) is 5.40. The Kier molecular flexibility index (Phi) is 8.97. The van der Waals surface area contributed by atoms with E-state index in [0.29, 0.717) is 18.0 Å². The van der Waals surface area contributed by atoms with Gasteiger partial charge in [-0.2, -0.15) is 8.42 Å². The number of nitrogens with zero attached hydrogens (tertiary/aromatic N) is 2. The van der Waals surface area contributed by atoms with Gasteiger partial charge in [0.15, 0.2) is 11.5 Å². The van der Waals surface area contributed by atoms with Crippen molar-refractivity contribution in [1.82, 2.24) is 20.5 Å². The summed E-state index contributed by atoms with van der Waals surface area (Å²) in [5.74, 6) is -0.328. The highest BCUT2D eigenvalue weighted by Crippen LogP contribution is 2.31. The lowest BCUT2D eigenvalue weighted by atomic mass is 10.2. The van der Waals surface area contributed by atoms with Crippen LogP contribution in [0.5, 0.6) is 17.4 Å². The highest BCUT2D eigenvalue weighted by atomic mass is 32.2. The molecular formula is C21H28N4O7S. The average Bonchev–Trinajstić information content (AvgIpc) is 2.81. The van der Waals surface area contributed by atoms with Crippen molar-refractivity contribution in [2.24, 2.45) is 0 Å². The molecule has 1 aliphatic rings. The van der Waals surface area contributed by atoms with E-state index in [1.165, 1.54) is 18.3 Å². The minimum atomic E-state index is -4.30. The van der Waals surface area contributed by atoms with E-state index in [2.05, 4.69) is 20.5 Å². The van der Waals surface area contributed by atoms with Gasteiger partial charge in [0.1, 0.15) is 5.88 Å². The van der Waals surface area contributed by atoms with E-state index in [1.54, 1.807) is 13.2 Å². The number of methoxy groups -OCH3 is 1. The van der Waals surface area contributed by atoms with Crippen LogP contribution in [-0.2, 0) is 21.4 Å². The predicted octanol–water partition coefficient (Wildman–Crippen LogP) is 0.879. The van der Waals surface area contributed by atoms with E-state index in [4.69, 9.17) is 18.8 Å². The number of amides is 1. The van der Waals surface area contributed by atoms with Gasteiger partial charge in [-0.05, 0) is 23.8 Å². The highest BCUT2D eigenvalue weighted by Gasteiger charge is 2.13. The molecular weight excluding hydrogens is 452 g/mol. The molecule has 0 atom stereocenters. The normalized spacial score (nSPS) is 14.6. The van der Waals surface area contributed by atoms with Crippen LogP contribution in [-0.4, -0.2) is 81.1 Å². The Labute approximate surface area is 192 Å². The Morgan fingerprint density at radius 2 is 2.00 bits per heavy atom. The zero-order chi connectivity index (χ0) is 23.7. The molecule has 0 spiro atoms. The summed E-state index contributed by atoms with van der Waals surface area (Å²) in [6.45, 7) is 6.03. The molecule has 2 aromatic rings. The molecule has 3 rings (SSSR count). The molecule has 33 heavy (non-hydrogen) atoms. The number of ether oxygens (including phenoxy) is 3. The van der Waals surface area contributed by atoms with E-state index in [1.807, 2.05) is 12.1 Å². The van der Waals surface area contributed by atoms with E-state index >= 15 is 0 Å². The van der Waals surface area contributed by atoms with Gasteiger partial charge >= 0.3 is 0 Å². The maximum Gasteiger partial charge on any atom is 0.283 e. The second-order valence-corrected chi connectivity index (χ2v) is 8.79. The molecule has 3 N–H and O–H groups in total. The van der Waals surface area contributed by atoms with Gasteiger partial charge in [0, 0.05) is 45.0 Å². The molecule has 1 saturated heterocycles. The number of carbonyl (C=O) groups is 1. The minimum Gasteiger partial charge on any atom is -0.493 e. The van der Waals surface area contributed by atoms with Crippen LogP contribution in [0.1, 0.15) is 15.9 Å². The van der Waals surface area contributed by atoms with Gasteiger partial charge in [-0.3, -0.25) is 14.2 Å². The summed E-state index contributed by atoms with van der Waals surface area (Å²) in [7, 11) is -2.75. The Morgan fingerprint density at radius 3 is 2.67 bits per heavy atom. The zero-order valence-electron chi connectivity index (χ0n) is 18.3. The molecule has 0 unspecified atom stereocenters. The van der Waals surface area contributed by atoms with Crippen molar-refractivity contribution in [3.8, 4) is 17.4 Å². The number of aromatic nitrogens is 1. The maximum absolute atomic E-state index is 11.9. The van der Waals surface area contributed by atoms with Gasteiger partial charge in [0.05, 0.1) is 25.9 Å². The molecule has 0 aliphatic carbocycles. The summed E-state index contributed by atoms with van der Waals surface area (Å²) in [4.78, 5) is 18.3. The summed E-state index contributed by atoms with van der Waals surface area (Å²) in [5, 5.41) is 5.50. The highest BCUT2D eigenvalue weighted by molar-refractivity contribution is 7.85. The molecule has 1 amide bonds. The molecule has 0 saturated carbocycles. The van der Waals surface area contributed by atoms with Crippen LogP contribution in [0.25, 0.3) is 0 Å². The van der Waals surface area contributed by atoms with Crippen LogP contribution in [0.15, 0.2) is 36.5 Å². The molecule has 12 heteroatoms. The van der Waals surface area contributed by atoms with Gasteiger partial charge < -0.3 is 24.8 Å². The first-order valence-corrected chi connectivity index (χ1v) is 12.0. The number of nitrogens with one attached hydrogen (secondary N) is 2. The van der Waals surface area contributed by atoms with Crippen molar-refractivity contribution in [1.29, 1.82) is 0 Å². The number of morpholine rings is 1. The Balaban J connectivity index is 1.52. The fraction of sp³-hybridized carbons (Fsp3) is 0.429. The summed E-state index contributed by atoms with van der Waals surface area (Å²) < 4.78 is 46.7. The first-order valence-electron chi connectivity index (χ1n) is 10.4. The summed E-state index contributed by atoms with van der Waals surface area (Å²) in [5.41, 5.74) is 1.16. The summed E-state index contributed by atoms with van der Waals surface area (Å²) >= 11 is 0. The fourth-order valence-electron chi connectivity index (χ4n) is 3.15. The monoisotopic (exact) mass is 480 g/mol. The lowest BCUT2D eigenvalue weighted by Gasteiger charge is -2.26. The number of hydrogen-bond donors (Lipinski definition) is 3. The molecule has 2 heterocycles. The van der Waals surface area contributed by atoms with Crippen molar-refractivity contribution in [3.05, 3.63) is 47.7 Å². The van der Waals surface area contributed by atoms with Gasteiger partial charge in [-0.15, -0.1) is 0 Å². The van der Waals surface area contributed by atoms with E-state index < -0.39 is 21.9 Å². The van der Waals surface area contributed by atoms with Crippen molar-refractivity contribution >= 4 is 16.0 Å². The SMILES string of the molecule is COc1cc(CNCCN2CCOCC2)ccc1Oc1ccc(C(=O)NCS(=O)(=O)O)cn1. The molecule has 180 valence electrons. The molecule has 1 fully saturated rings. The zero-order valence-corrected chi connectivity index (χ0v) is 19.1. The predicted molar refractivity (Wildman–Crippen MR) is 120 cm³/mol. The minimum absolute atomic E-state index is 0.122. The molecule has 1 aliphatic heterocycles. The number of hydrogen-bond acceptors (Lipinski definition) is 9. The van der Waals surface area contributed by atoms with Gasteiger partial charge in [0.25, 0.3) is 16.0 Å². The third kappa shape index (κ3) is 8.26. The summed E-state index contributed by atoms with van der Waals surface area (Å²) in [6, 6.07) is 8.50. The Bertz CT molecular complexity index is 1030. The quantitative estimate of drug-likeness (QED) is 0.314. The third-order valence-electron chi connectivity index (χ3n) is 4.89. The average molecular weight is 481 g/mol. The van der Waals surface area contributed by atoms with Crippen LogP contribution in [0, 0.1) is 0 Å². The number of benzene rings is 1. The largest absolute Gasteiger partial charge is 0.493 e. The van der Waals surface area contributed by atoms with E-state index in [9.17, 15) is 13.2 Å². The van der Waals surface area contributed by atoms with E-state index in [0.717, 1.165) is 45.0 Å². The van der Waals surface area contributed by atoms with Crippen LogP contribution >= 0.6 is 0 Å². The second kappa shape index (κ2) is 11.9. The van der Waals surface area contributed by atoms with Gasteiger partial charge in [-0.1, -0.05) is 6.07 Å². The Hall–Kier alpha value is -2.77. The van der Waals surface area contributed by atoms with Crippen LogP contribution < -0.4 is 20.1 Å². The smallest absolute Gasteiger partial charge is 0.283 e. The van der Waals surface area contributed by atoms with Crippen LogP contribution in [0.3, 0.4) is 0 Å². The molecule has 1 aromatic carbocycles. The van der Waals surface area contributed by atoms with E-state index in [-0.39, 0.29) is 11.4 Å². The van der Waals surface area contributed by atoms with Crippen molar-refractivity contribution in [2.75, 3.05) is 52.4 Å². The van der Waals surface area contributed by atoms with Gasteiger partial charge in [-0.25, -0.2) is 4.98 Å². The summed E-state index contributed by atoms with van der Waals surface area (Å²) in [6.07, 6.45) is 1.24. The van der Waals surface area contributed by atoms with Crippen LogP contribution in [0.2, 0.25) is 0 Å². The standard InChI is InChI=1S/C21H28N4O7S/c1-30-19-12-16(13-22-6-7-25-8-10-31-11-9-25)2-4-18(19)32-20-5-3-17(14-23-20)21(26)24-15-33(27,28)29/h2-5,12,14,22H,6-11,13,15H2,1H3,(H,24,26)(H,27,28,29). The number of rotatable bonds is 11. The van der Waals surface area contributed by atoms with Crippen molar-refractivity contribution < 1.29 is 32.0 Å². The van der Waals surface area contributed by atoms with Crippen molar-refractivity contribution in [2.45, 2.75) is 6.54 Å². The lowest BCUT2D eigenvalue weighted by molar-refractivity contribution is 0.0384. The maximum atomic E-state index is 11.9. The Morgan fingerprint density at radius 1 is 1.21 bits per heavy atom. The second-order valence-electron chi connectivity index (χ2n) is 7.34. The molecule has 0 radical (unpaired) electrons. The first kappa shape index (κ1) is 24.9. The topological polar surface area (TPSA) is 139 Å². The first-order chi connectivity index (χ1) is 15.8. The number of pyridine rings is 1. The van der Waals surface area contributed by atoms with Crippen LogP contribution in [0.4, 0.5) is 0 Å². The van der Waals surface area contributed by atoms with Gasteiger partial charge in [0.2, 0.25) is 5.88 Å². The van der Waals surface area contributed by atoms with Crippen molar-refractivity contribution in [3.63, 3.8) is 0 Å². The molecule has 11 nitrogen and oxygen atoms in total. The number of carbonyl (C=O) groups excluding carboxylic acids is 1.